The number of aromatic amines is 1. The van der Waals surface area contributed by atoms with Crippen molar-refractivity contribution in [2.24, 2.45) is 7.05 Å². The second kappa shape index (κ2) is 6.34. The molecule has 132 valence electrons. The molecule has 2 aromatic heterocycles. The van der Waals surface area contributed by atoms with E-state index in [0.29, 0.717) is 25.1 Å². The topological polar surface area (TPSA) is 139 Å². The van der Waals surface area contributed by atoms with Gasteiger partial charge in [-0.1, -0.05) is 6.92 Å². The fourth-order valence-electron chi connectivity index (χ4n) is 2.82. The SMILES string of the molecule is CCc1[nH]nc(C(=O)NC2CCN(c3cnn(C)c3)C2=O)c1[N+](=O)[O-]. The first-order chi connectivity index (χ1) is 11.9. The first-order valence-corrected chi connectivity index (χ1v) is 7.74. The lowest BCUT2D eigenvalue weighted by Gasteiger charge is -2.14. The molecule has 1 aliphatic rings. The first-order valence-electron chi connectivity index (χ1n) is 7.74. The van der Waals surface area contributed by atoms with Crippen LogP contribution in [0.15, 0.2) is 12.4 Å². The van der Waals surface area contributed by atoms with Gasteiger partial charge in [0.1, 0.15) is 11.7 Å². The van der Waals surface area contributed by atoms with Gasteiger partial charge in [0.05, 0.1) is 16.8 Å². The van der Waals surface area contributed by atoms with Crippen molar-refractivity contribution in [3.63, 3.8) is 0 Å². The first kappa shape index (κ1) is 16.6. The molecule has 0 aromatic carbocycles. The molecule has 1 fully saturated rings. The van der Waals surface area contributed by atoms with E-state index < -0.39 is 16.9 Å². The number of anilines is 1. The number of carbonyl (C=O) groups excluding carboxylic acids is 2. The van der Waals surface area contributed by atoms with E-state index >= 15 is 0 Å². The van der Waals surface area contributed by atoms with Gasteiger partial charge >= 0.3 is 5.69 Å². The number of amides is 2. The Morgan fingerprint density at radius 3 is 2.92 bits per heavy atom. The van der Waals surface area contributed by atoms with Gasteiger partial charge in [-0.05, 0) is 12.8 Å². The third-order valence-corrected chi connectivity index (χ3v) is 4.08. The Hall–Kier alpha value is -3.24. The van der Waals surface area contributed by atoms with E-state index in [4.69, 9.17) is 0 Å². The number of H-pyrrole nitrogens is 1. The average molecular weight is 347 g/mol. The second-order valence-corrected chi connectivity index (χ2v) is 5.69. The van der Waals surface area contributed by atoms with Gasteiger partial charge in [-0.15, -0.1) is 0 Å². The minimum Gasteiger partial charge on any atom is -0.339 e. The number of carbonyl (C=O) groups is 2. The summed E-state index contributed by atoms with van der Waals surface area (Å²) < 4.78 is 1.58. The van der Waals surface area contributed by atoms with Crippen molar-refractivity contribution in [1.82, 2.24) is 25.3 Å². The number of aromatic nitrogens is 4. The average Bonchev–Trinajstić information content (AvgIpc) is 3.26. The number of hydrogen-bond donors (Lipinski definition) is 2. The molecule has 0 saturated carbocycles. The van der Waals surface area contributed by atoms with E-state index in [0.717, 1.165) is 0 Å². The van der Waals surface area contributed by atoms with Crippen LogP contribution in [0.1, 0.15) is 29.5 Å². The molecule has 11 nitrogen and oxygen atoms in total. The predicted octanol–water partition coefficient (Wildman–Crippen LogP) is 0.149. The van der Waals surface area contributed by atoms with Gasteiger partial charge in [0, 0.05) is 19.8 Å². The normalized spacial score (nSPS) is 17.1. The molecule has 2 amide bonds. The summed E-state index contributed by atoms with van der Waals surface area (Å²) in [4.78, 5) is 36.9. The van der Waals surface area contributed by atoms with E-state index in [9.17, 15) is 19.7 Å². The molecular formula is C14H17N7O4. The molecule has 2 aromatic rings. The van der Waals surface area contributed by atoms with Gasteiger partial charge in [-0.3, -0.25) is 29.5 Å². The molecule has 1 unspecified atom stereocenters. The van der Waals surface area contributed by atoms with Crippen LogP contribution in [0, 0.1) is 10.1 Å². The molecule has 0 radical (unpaired) electrons. The number of hydrogen-bond acceptors (Lipinski definition) is 6. The number of aryl methyl sites for hydroxylation is 2. The largest absolute Gasteiger partial charge is 0.339 e. The van der Waals surface area contributed by atoms with Crippen LogP contribution in [0.4, 0.5) is 11.4 Å². The summed E-state index contributed by atoms with van der Waals surface area (Å²) in [7, 11) is 1.74. The van der Waals surface area contributed by atoms with Crippen molar-refractivity contribution in [2.45, 2.75) is 25.8 Å². The van der Waals surface area contributed by atoms with Crippen molar-refractivity contribution < 1.29 is 14.5 Å². The van der Waals surface area contributed by atoms with Crippen molar-refractivity contribution in [3.05, 3.63) is 33.9 Å². The summed E-state index contributed by atoms with van der Waals surface area (Å²) in [6.45, 7) is 2.15. The van der Waals surface area contributed by atoms with Crippen LogP contribution < -0.4 is 10.2 Å². The fraction of sp³-hybridized carbons (Fsp3) is 0.429. The molecule has 3 heterocycles. The van der Waals surface area contributed by atoms with Gasteiger partial charge in [0.25, 0.3) is 5.91 Å². The highest BCUT2D eigenvalue weighted by molar-refractivity contribution is 6.04. The zero-order chi connectivity index (χ0) is 18.1. The van der Waals surface area contributed by atoms with E-state index in [1.165, 1.54) is 4.90 Å². The van der Waals surface area contributed by atoms with Crippen LogP contribution in [-0.2, 0) is 18.3 Å². The Labute approximate surface area is 142 Å². The maximum Gasteiger partial charge on any atom is 0.322 e. The van der Waals surface area contributed by atoms with Crippen LogP contribution in [0.5, 0.6) is 0 Å². The monoisotopic (exact) mass is 347 g/mol. The Balaban J connectivity index is 1.75. The quantitative estimate of drug-likeness (QED) is 0.583. The third kappa shape index (κ3) is 2.95. The van der Waals surface area contributed by atoms with Crippen LogP contribution in [-0.4, -0.2) is 49.3 Å². The van der Waals surface area contributed by atoms with Crippen LogP contribution >= 0.6 is 0 Å². The third-order valence-electron chi connectivity index (χ3n) is 4.08. The molecular weight excluding hydrogens is 330 g/mol. The highest BCUT2D eigenvalue weighted by Gasteiger charge is 2.36. The molecule has 1 aliphatic heterocycles. The van der Waals surface area contributed by atoms with Crippen molar-refractivity contribution in [1.29, 1.82) is 0 Å². The number of nitro groups is 1. The number of rotatable bonds is 5. The zero-order valence-corrected chi connectivity index (χ0v) is 13.7. The maximum absolute atomic E-state index is 12.5. The van der Waals surface area contributed by atoms with Crippen molar-refractivity contribution >= 4 is 23.2 Å². The van der Waals surface area contributed by atoms with E-state index in [-0.39, 0.29) is 23.0 Å². The molecule has 3 rings (SSSR count). The second-order valence-electron chi connectivity index (χ2n) is 5.69. The highest BCUT2D eigenvalue weighted by atomic mass is 16.6. The Morgan fingerprint density at radius 1 is 1.56 bits per heavy atom. The molecule has 25 heavy (non-hydrogen) atoms. The smallest absolute Gasteiger partial charge is 0.322 e. The van der Waals surface area contributed by atoms with Gasteiger partial charge in [0.15, 0.2) is 0 Å². The predicted molar refractivity (Wildman–Crippen MR) is 86.1 cm³/mol. The van der Waals surface area contributed by atoms with E-state index in [1.54, 1.807) is 31.0 Å². The molecule has 1 saturated heterocycles. The van der Waals surface area contributed by atoms with Gasteiger partial charge in [-0.2, -0.15) is 10.2 Å². The molecule has 2 N–H and O–H groups in total. The van der Waals surface area contributed by atoms with Gasteiger partial charge < -0.3 is 10.2 Å². The minimum absolute atomic E-state index is 0.268. The molecule has 1 atom stereocenters. The molecule has 0 aliphatic carbocycles. The number of nitrogens with one attached hydrogen (secondary N) is 2. The standard InChI is InChI=1S/C14H17N7O4/c1-3-9-12(21(24)25)11(18-17-9)13(22)16-10-4-5-20(14(10)23)8-6-15-19(2)7-8/h6-7,10H,3-5H2,1-2H3,(H,16,22)(H,17,18). The Bertz CT molecular complexity index is 840. The summed E-state index contributed by atoms with van der Waals surface area (Å²) in [5.41, 5.74) is 0.247. The minimum atomic E-state index is -0.755. The van der Waals surface area contributed by atoms with E-state index in [2.05, 4.69) is 20.6 Å². The Kier molecular flexibility index (Phi) is 4.21. The van der Waals surface area contributed by atoms with E-state index in [1.807, 2.05) is 0 Å². The molecule has 0 bridgehead atoms. The fourth-order valence-corrected chi connectivity index (χ4v) is 2.82. The number of nitrogens with zero attached hydrogens (tertiary/aromatic N) is 5. The van der Waals surface area contributed by atoms with Crippen molar-refractivity contribution in [3.8, 4) is 0 Å². The van der Waals surface area contributed by atoms with Crippen LogP contribution in [0.25, 0.3) is 0 Å². The van der Waals surface area contributed by atoms with Crippen LogP contribution in [0.3, 0.4) is 0 Å². The Morgan fingerprint density at radius 2 is 2.32 bits per heavy atom. The molecule has 11 heteroatoms. The van der Waals surface area contributed by atoms with Gasteiger partial charge in [-0.25, -0.2) is 0 Å². The summed E-state index contributed by atoms with van der Waals surface area (Å²) >= 11 is 0. The summed E-state index contributed by atoms with van der Waals surface area (Å²) in [6.07, 6.45) is 4.01. The highest BCUT2D eigenvalue weighted by Crippen LogP contribution is 2.23. The summed E-state index contributed by atoms with van der Waals surface area (Å²) in [5.74, 6) is -1.02. The lowest BCUT2D eigenvalue weighted by molar-refractivity contribution is -0.385. The van der Waals surface area contributed by atoms with Gasteiger partial charge in [0.2, 0.25) is 11.6 Å². The van der Waals surface area contributed by atoms with Crippen molar-refractivity contribution in [2.75, 3.05) is 11.4 Å². The molecule has 0 spiro atoms. The maximum atomic E-state index is 12.5. The lowest BCUT2D eigenvalue weighted by atomic mass is 10.2. The summed E-state index contributed by atoms with van der Waals surface area (Å²) in [5, 5.41) is 24.0. The van der Waals surface area contributed by atoms with Crippen LogP contribution in [0.2, 0.25) is 0 Å². The zero-order valence-electron chi connectivity index (χ0n) is 13.7. The summed E-state index contributed by atoms with van der Waals surface area (Å²) in [6, 6.07) is -0.755. The lowest BCUT2D eigenvalue weighted by Crippen LogP contribution is -2.41.